The van der Waals surface area contributed by atoms with Crippen molar-refractivity contribution < 1.29 is 4.74 Å². The average Bonchev–Trinajstić information content (AvgIpc) is 2.49. The number of hydrogen-bond donors (Lipinski definition) is 0. The third-order valence-electron chi connectivity index (χ3n) is 2.98. The van der Waals surface area contributed by atoms with E-state index in [0.29, 0.717) is 10.8 Å². The normalized spacial score (nSPS) is 10.7. The lowest BCUT2D eigenvalue weighted by atomic mass is 10.2. The fourth-order valence-electron chi connectivity index (χ4n) is 1.99. The molecular weight excluding hydrogens is 338 g/mol. The molecule has 2 aromatic carbocycles. The van der Waals surface area contributed by atoms with Crippen LogP contribution in [0, 0.1) is 0 Å². The van der Waals surface area contributed by atoms with Crippen LogP contribution in [0.25, 0.3) is 10.9 Å². The van der Waals surface area contributed by atoms with E-state index in [2.05, 4.69) is 20.9 Å². The van der Waals surface area contributed by atoms with Gasteiger partial charge >= 0.3 is 0 Å². The Hall–Kier alpha value is -1.58. The predicted octanol–water partition coefficient (Wildman–Crippen LogP) is 5.58. The van der Waals surface area contributed by atoms with Crippen molar-refractivity contribution in [2.24, 2.45) is 0 Å². The summed E-state index contributed by atoms with van der Waals surface area (Å²) in [5, 5.41) is 2.34. The monoisotopic (exact) mass is 347 g/mol. The van der Waals surface area contributed by atoms with Crippen molar-refractivity contribution >= 4 is 38.4 Å². The van der Waals surface area contributed by atoms with Crippen molar-refractivity contribution in [3.63, 3.8) is 0 Å². The molecule has 0 atom stereocenters. The first-order chi connectivity index (χ1) is 9.78. The third kappa shape index (κ3) is 2.65. The zero-order valence-electron chi connectivity index (χ0n) is 10.5. The number of fused-ring (bicyclic) bond motifs is 1. The zero-order chi connectivity index (χ0) is 13.9. The van der Waals surface area contributed by atoms with Crippen molar-refractivity contribution in [2.45, 2.75) is 5.33 Å². The second-order valence-electron chi connectivity index (χ2n) is 4.33. The number of halogens is 2. The zero-order valence-corrected chi connectivity index (χ0v) is 12.9. The van der Waals surface area contributed by atoms with Crippen molar-refractivity contribution in [3.8, 4) is 11.5 Å². The van der Waals surface area contributed by atoms with Crippen LogP contribution in [0.2, 0.25) is 5.02 Å². The van der Waals surface area contributed by atoms with E-state index in [4.69, 9.17) is 16.3 Å². The summed E-state index contributed by atoms with van der Waals surface area (Å²) in [6.07, 6.45) is 1.77. The summed E-state index contributed by atoms with van der Waals surface area (Å²) in [5.74, 6) is 1.40. The molecule has 0 saturated heterocycles. The van der Waals surface area contributed by atoms with Gasteiger partial charge in [0.15, 0.2) is 0 Å². The van der Waals surface area contributed by atoms with E-state index in [9.17, 15) is 0 Å². The van der Waals surface area contributed by atoms with Crippen molar-refractivity contribution in [3.05, 3.63) is 65.3 Å². The minimum atomic E-state index is 0.600. The molecule has 3 aromatic rings. The molecule has 0 saturated carbocycles. The van der Waals surface area contributed by atoms with Crippen LogP contribution in [0.3, 0.4) is 0 Å². The predicted molar refractivity (Wildman–Crippen MR) is 85.9 cm³/mol. The Bertz CT molecular complexity index is 755. The lowest BCUT2D eigenvalue weighted by molar-refractivity contribution is 0.488. The molecule has 2 nitrogen and oxygen atoms in total. The minimum absolute atomic E-state index is 0.600. The second kappa shape index (κ2) is 5.81. The standard InChI is InChI=1S/C16H11BrClNO/c17-10-11-6-7-16(13(18)9-11)20-15-5-1-4-14-12(15)3-2-8-19-14/h1-9H,10H2. The summed E-state index contributed by atoms with van der Waals surface area (Å²) >= 11 is 9.66. The lowest BCUT2D eigenvalue weighted by Crippen LogP contribution is -1.89. The molecule has 3 rings (SSSR count). The summed E-state index contributed by atoms with van der Waals surface area (Å²) in [6.45, 7) is 0. The molecular formula is C16H11BrClNO. The number of aromatic nitrogens is 1. The quantitative estimate of drug-likeness (QED) is 0.577. The molecule has 1 heterocycles. The largest absolute Gasteiger partial charge is 0.455 e. The highest BCUT2D eigenvalue weighted by molar-refractivity contribution is 9.08. The Morgan fingerprint density at radius 2 is 1.95 bits per heavy atom. The molecule has 0 spiro atoms. The van der Waals surface area contributed by atoms with Crippen molar-refractivity contribution in [1.82, 2.24) is 4.98 Å². The van der Waals surface area contributed by atoms with Crippen LogP contribution in [0.15, 0.2) is 54.7 Å². The number of benzene rings is 2. The van der Waals surface area contributed by atoms with Gasteiger partial charge < -0.3 is 4.74 Å². The molecule has 0 aliphatic rings. The highest BCUT2D eigenvalue weighted by atomic mass is 79.9. The fourth-order valence-corrected chi connectivity index (χ4v) is 2.58. The van der Waals surface area contributed by atoms with Gasteiger partial charge in [0.2, 0.25) is 0 Å². The van der Waals surface area contributed by atoms with Crippen LogP contribution in [0.5, 0.6) is 11.5 Å². The van der Waals surface area contributed by atoms with E-state index in [1.807, 2.05) is 48.5 Å². The Balaban J connectivity index is 2.01. The van der Waals surface area contributed by atoms with Gasteiger partial charge in [-0.15, -0.1) is 0 Å². The van der Waals surface area contributed by atoms with E-state index in [0.717, 1.165) is 27.5 Å². The number of ether oxygens (including phenoxy) is 1. The van der Waals surface area contributed by atoms with Gasteiger partial charge in [-0.25, -0.2) is 0 Å². The van der Waals surface area contributed by atoms with Crippen LogP contribution in [0.4, 0.5) is 0 Å². The maximum atomic E-state index is 6.25. The van der Waals surface area contributed by atoms with Gasteiger partial charge in [0.05, 0.1) is 10.5 Å². The van der Waals surface area contributed by atoms with Gasteiger partial charge in [0.1, 0.15) is 11.5 Å². The third-order valence-corrected chi connectivity index (χ3v) is 3.92. The maximum absolute atomic E-state index is 6.25. The summed E-state index contributed by atoms with van der Waals surface area (Å²) in [4.78, 5) is 4.31. The van der Waals surface area contributed by atoms with E-state index in [1.165, 1.54) is 0 Å². The SMILES string of the molecule is Clc1cc(CBr)ccc1Oc1cccc2ncccc12. The number of hydrogen-bond acceptors (Lipinski definition) is 2. The Labute approximate surface area is 130 Å². The van der Waals surface area contributed by atoms with E-state index in [-0.39, 0.29) is 0 Å². The van der Waals surface area contributed by atoms with Crippen LogP contribution in [-0.2, 0) is 5.33 Å². The van der Waals surface area contributed by atoms with Gasteiger partial charge in [-0.2, -0.15) is 0 Å². The van der Waals surface area contributed by atoms with Crippen LogP contribution >= 0.6 is 27.5 Å². The molecule has 0 N–H and O–H groups in total. The van der Waals surface area contributed by atoms with Crippen LogP contribution < -0.4 is 4.74 Å². The summed E-state index contributed by atoms with van der Waals surface area (Å²) in [6, 6.07) is 15.4. The first-order valence-corrected chi connectivity index (χ1v) is 7.64. The van der Waals surface area contributed by atoms with Crippen LogP contribution in [-0.4, -0.2) is 4.98 Å². The molecule has 0 aliphatic carbocycles. The van der Waals surface area contributed by atoms with E-state index >= 15 is 0 Å². The van der Waals surface area contributed by atoms with Crippen LogP contribution in [0.1, 0.15) is 5.56 Å². The van der Waals surface area contributed by atoms with Gasteiger partial charge in [-0.3, -0.25) is 4.98 Å². The van der Waals surface area contributed by atoms with Gasteiger partial charge in [0, 0.05) is 16.9 Å². The lowest BCUT2D eigenvalue weighted by Gasteiger charge is -2.10. The molecule has 0 amide bonds. The molecule has 0 aliphatic heterocycles. The first-order valence-electron chi connectivity index (χ1n) is 6.14. The fraction of sp³-hybridized carbons (Fsp3) is 0.0625. The molecule has 0 fully saturated rings. The number of nitrogens with zero attached hydrogens (tertiary/aromatic N) is 1. The van der Waals surface area contributed by atoms with E-state index in [1.54, 1.807) is 6.20 Å². The molecule has 0 unspecified atom stereocenters. The molecule has 100 valence electrons. The highest BCUT2D eigenvalue weighted by Gasteiger charge is 2.07. The maximum Gasteiger partial charge on any atom is 0.146 e. The van der Waals surface area contributed by atoms with Crippen molar-refractivity contribution in [1.29, 1.82) is 0 Å². The topological polar surface area (TPSA) is 22.1 Å². The average molecular weight is 349 g/mol. The molecule has 0 bridgehead atoms. The second-order valence-corrected chi connectivity index (χ2v) is 5.29. The summed E-state index contributed by atoms with van der Waals surface area (Å²) < 4.78 is 5.93. The molecule has 20 heavy (non-hydrogen) atoms. The summed E-state index contributed by atoms with van der Waals surface area (Å²) in [7, 11) is 0. The number of rotatable bonds is 3. The Morgan fingerprint density at radius 3 is 2.75 bits per heavy atom. The molecule has 1 aromatic heterocycles. The first kappa shape index (κ1) is 13.4. The molecule has 0 radical (unpaired) electrons. The van der Waals surface area contributed by atoms with E-state index < -0.39 is 0 Å². The smallest absolute Gasteiger partial charge is 0.146 e. The minimum Gasteiger partial charge on any atom is -0.455 e. The Morgan fingerprint density at radius 1 is 1.05 bits per heavy atom. The number of alkyl halides is 1. The van der Waals surface area contributed by atoms with Crippen molar-refractivity contribution in [2.75, 3.05) is 0 Å². The Kier molecular flexibility index (Phi) is 3.90. The number of pyridine rings is 1. The highest BCUT2D eigenvalue weighted by Crippen LogP contribution is 2.33. The molecule has 4 heteroatoms. The van der Waals surface area contributed by atoms with Gasteiger partial charge in [-0.1, -0.05) is 39.7 Å². The summed E-state index contributed by atoms with van der Waals surface area (Å²) in [5.41, 5.74) is 2.01. The van der Waals surface area contributed by atoms with Gasteiger partial charge in [-0.05, 0) is 42.0 Å². The van der Waals surface area contributed by atoms with Gasteiger partial charge in [0.25, 0.3) is 0 Å².